The number of hydrogen-bond acceptors (Lipinski definition) is 6. The van der Waals surface area contributed by atoms with Crippen LogP contribution < -0.4 is 5.01 Å². The molecule has 7 heteroatoms. The Hall–Kier alpha value is -3.19. The number of pyridine rings is 1. The van der Waals surface area contributed by atoms with Gasteiger partial charge in [-0.05, 0) is 61.5 Å². The molecule has 28 heavy (non-hydrogen) atoms. The van der Waals surface area contributed by atoms with Gasteiger partial charge in [-0.3, -0.25) is 4.98 Å². The van der Waals surface area contributed by atoms with Gasteiger partial charge in [0.1, 0.15) is 0 Å². The van der Waals surface area contributed by atoms with E-state index in [-0.39, 0.29) is 6.61 Å². The summed E-state index contributed by atoms with van der Waals surface area (Å²) in [5, 5.41) is 4.36. The van der Waals surface area contributed by atoms with Crippen LogP contribution in [0.3, 0.4) is 0 Å². The maximum Gasteiger partial charge on any atom is 0.338 e. The van der Waals surface area contributed by atoms with Crippen molar-refractivity contribution in [3.63, 3.8) is 0 Å². The third-order valence-corrected chi connectivity index (χ3v) is 4.92. The van der Waals surface area contributed by atoms with Gasteiger partial charge in [0.25, 0.3) is 0 Å². The molecule has 0 amide bonds. The molecule has 0 fully saturated rings. The molecular weight excluding hydrogens is 374 g/mol. The summed E-state index contributed by atoms with van der Waals surface area (Å²) in [6, 6.07) is 20.0. The molecule has 0 atom stereocenters. The van der Waals surface area contributed by atoms with E-state index in [0.29, 0.717) is 16.9 Å². The highest BCUT2D eigenvalue weighted by molar-refractivity contribution is 7.98. The van der Waals surface area contributed by atoms with Crippen LogP contribution in [0.2, 0.25) is 0 Å². The summed E-state index contributed by atoms with van der Waals surface area (Å²) >= 11 is 1.66. The number of carbonyl (C=O) groups excluding carboxylic acids is 1. The number of nitrogens with zero attached hydrogens (tertiary/aromatic N) is 3. The molecule has 142 valence electrons. The number of rotatable bonds is 8. The van der Waals surface area contributed by atoms with Crippen LogP contribution in [0.15, 0.2) is 83.1 Å². The third kappa shape index (κ3) is 4.95. The van der Waals surface area contributed by atoms with Gasteiger partial charge in [-0.1, -0.05) is 12.1 Å². The second kappa shape index (κ2) is 9.66. The van der Waals surface area contributed by atoms with Crippen molar-refractivity contribution >= 4 is 29.1 Å². The predicted molar refractivity (Wildman–Crippen MR) is 111 cm³/mol. The molecule has 3 aromatic rings. The molecule has 0 saturated carbocycles. The second-order valence-electron chi connectivity index (χ2n) is 5.77. The number of nitroso groups, excluding NO2 is 1. The Morgan fingerprint density at radius 2 is 1.89 bits per heavy atom. The minimum Gasteiger partial charge on any atom is -0.462 e. The number of esters is 1. The Morgan fingerprint density at radius 3 is 2.57 bits per heavy atom. The highest BCUT2D eigenvalue weighted by Gasteiger charge is 2.13. The number of thioether (sulfide) groups is 1. The maximum atomic E-state index is 11.9. The van der Waals surface area contributed by atoms with Crippen LogP contribution in [0, 0.1) is 4.91 Å². The quantitative estimate of drug-likeness (QED) is 0.222. The lowest BCUT2D eigenvalue weighted by atomic mass is 10.2. The molecule has 0 aliphatic heterocycles. The van der Waals surface area contributed by atoms with Crippen molar-refractivity contribution in [1.82, 2.24) is 4.98 Å². The number of hydrogen-bond donors (Lipinski definition) is 0. The number of carbonyl (C=O) groups is 1. The van der Waals surface area contributed by atoms with Gasteiger partial charge in [0.15, 0.2) is 0 Å². The fourth-order valence-corrected chi connectivity index (χ4v) is 3.36. The molecule has 1 heterocycles. The van der Waals surface area contributed by atoms with Gasteiger partial charge in [0.05, 0.1) is 34.5 Å². The Balaban J connectivity index is 1.73. The minimum atomic E-state index is -0.434. The summed E-state index contributed by atoms with van der Waals surface area (Å²) in [6.45, 7) is 2.03. The van der Waals surface area contributed by atoms with E-state index in [1.165, 1.54) is 5.01 Å². The Labute approximate surface area is 167 Å². The van der Waals surface area contributed by atoms with Crippen molar-refractivity contribution in [3.05, 3.63) is 89.1 Å². The van der Waals surface area contributed by atoms with Crippen LogP contribution >= 0.6 is 11.8 Å². The summed E-state index contributed by atoms with van der Waals surface area (Å²) in [6.07, 6.45) is 1.77. The normalized spacial score (nSPS) is 10.3. The van der Waals surface area contributed by atoms with Gasteiger partial charge >= 0.3 is 5.97 Å². The van der Waals surface area contributed by atoms with E-state index in [2.05, 4.69) is 10.3 Å². The van der Waals surface area contributed by atoms with Crippen molar-refractivity contribution in [3.8, 4) is 0 Å². The molecule has 0 saturated heterocycles. The van der Waals surface area contributed by atoms with E-state index in [1.807, 2.05) is 42.5 Å². The first-order chi connectivity index (χ1) is 13.7. The zero-order valence-corrected chi connectivity index (χ0v) is 16.1. The first-order valence-corrected chi connectivity index (χ1v) is 9.73. The molecule has 0 aliphatic carbocycles. The first kappa shape index (κ1) is 19.6. The van der Waals surface area contributed by atoms with Gasteiger partial charge in [-0.2, -0.15) is 5.01 Å². The zero-order valence-electron chi connectivity index (χ0n) is 15.3. The van der Waals surface area contributed by atoms with Crippen molar-refractivity contribution in [2.75, 3.05) is 11.6 Å². The molecular formula is C21H19N3O3S. The van der Waals surface area contributed by atoms with E-state index in [0.717, 1.165) is 16.3 Å². The van der Waals surface area contributed by atoms with Gasteiger partial charge in [-0.25, -0.2) is 4.79 Å². The van der Waals surface area contributed by atoms with E-state index in [9.17, 15) is 9.70 Å². The average molecular weight is 393 g/mol. The first-order valence-electron chi connectivity index (χ1n) is 8.74. The Morgan fingerprint density at radius 1 is 1.07 bits per heavy atom. The third-order valence-electron chi connectivity index (χ3n) is 3.88. The van der Waals surface area contributed by atoms with Crippen molar-refractivity contribution in [1.29, 1.82) is 0 Å². The van der Waals surface area contributed by atoms with Crippen LogP contribution in [0.5, 0.6) is 0 Å². The number of ether oxygens (including phenoxy) is 1. The van der Waals surface area contributed by atoms with Crippen LogP contribution in [-0.4, -0.2) is 17.6 Å². The predicted octanol–water partition coefficient (Wildman–Crippen LogP) is 5.37. The van der Waals surface area contributed by atoms with Crippen molar-refractivity contribution in [2.45, 2.75) is 17.6 Å². The minimum absolute atomic E-state index is 0.288. The molecule has 2 aromatic carbocycles. The maximum absolute atomic E-state index is 11.9. The highest BCUT2D eigenvalue weighted by Crippen LogP contribution is 2.30. The summed E-state index contributed by atoms with van der Waals surface area (Å²) < 4.78 is 5.01. The smallest absolute Gasteiger partial charge is 0.338 e. The van der Waals surface area contributed by atoms with Crippen molar-refractivity contribution in [2.24, 2.45) is 5.29 Å². The molecule has 3 rings (SSSR count). The van der Waals surface area contributed by atoms with Gasteiger partial charge in [0, 0.05) is 16.8 Å². The summed E-state index contributed by atoms with van der Waals surface area (Å²) in [5.41, 5.74) is 2.48. The summed E-state index contributed by atoms with van der Waals surface area (Å²) in [4.78, 5) is 28.7. The fourth-order valence-electron chi connectivity index (χ4n) is 2.55. The average Bonchev–Trinajstić information content (AvgIpc) is 2.75. The van der Waals surface area contributed by atoms with Crippen LogP contribution in [0.1, 0.15) is 23.0 Å². The number of anilines is 2. The fraction of sp³-hybridized carbons (Fsp3) is 0.143. The molecule has 0 N–H and O–H groups in total. The van der Waals surface area contributed by atoms with E-state index in [4.69, 9.17) is 4.74 Å². The van der Waals surface area contributed by atoms with Crippen LogP contribution in [0.4, 0.5) is 11.4 Å². The van der Waals surface area contributed by atoms with Crippen LogP contribution in [0.25, 0.3) is 0 Å². The lowest BCUT2D eigenvalue weighted by Gasteiger charge is -2.16. The number of aromatic nitrogens is 1. The van der Waals surface area contributed by atoms with Gasteiger partial charge in [-0.15, -0.1) is 16.7 Å². The largest absolute Gasteiger partial charge is 0.462 e. The molecule has 0 unspecified atom stereocenters. The molecule has 0 aliphatic rings. The molecule has 0 bridgehead atoms. The molecule has 0 spiro atoms. The molecule has 6 nitrogen and oxygen atoms in total. The zero-order chi connectivity index (χ0) is 19.8. The van der Waals surface area contributed by atoms with Gasteiger partial charge < -0.3 is 4.74 Å². The van der Waals surface area contributed by atoms with Crippen molar-refractivity contribution < 1.29 is 9.53 Å². The lowest BCUT2D eigenvalue weighted by molar-refractivity contribution is 0.0526. The monoisotopic (exact) mass is 393 g/mol. The summed E-state index contributed by atoms with van der Waals surface area (Å²) in [7, 11) is 0. The summed E-state index contributed by atoms with van der Waals surface area (Å²) in [5.74, 6) is 0.328. The SMILES string of the molecule is CCOC(=O)c1cccc(N(N=O)c2ccc(SCc3ccccn3)cc2)c1. The van der Waals surface area contributed by atoms with Gasteiger partial charge in [0.2, 0.25) is 0 Å². The molecule has 0 radical (unpaired) electrons. The Kier molecular flexibility index (Phi) is 6.75. The van der Waals surface area contributed by atoms with E-state index in [1.54, 1.807) is 49.1 Å². The standard InChI is InChI=1S/C21H19N3O3S/c1-2-27-21(25)16-6-5-8-19(14-16)24(23-26)18-9-11-20(12-10-18)28-15-17-7-3-4-13-22-17/h3-14H,2,15H2,1H3. The van der Waals surface area contributed by atoms with Crippen LogP contribution in [-0.2, 0) is 10.5 Å². The van der Waals surface area contributed by atoms with E-state index < -0.39 is 5.97 Å². The second-order valence-corrected chi connectivity index (χ2v) is 6.82. The Bertz CT molecular complexity index is 933. The van der Waals surface area contributed by atoms with E-state index >= 15 is 0 Å². The number of benzene rings is 2. The molecule has 1 aromatic heterocycles. The highest BCUT2D eigenvalue weighted by atomic mass is 32.2. The lowest BCUT2D eigenvalue weighted by Crippen LogP contribution is -2.10. The topological polar surface area (TPSA) is 71.9 Å².